The molecule has 0 saturated carbocycles. The van der Waals surface area contributed by atoms with E-state index in [0.29, 0.717) is 23.1 Å². The summed E-state index contributed by atoms with van der Waals surface area (Å²) in [5.74, 6) is -0.346. The fraction of sp³-hybridized carbons (Fsp3) is 0.231. The van der Waals surface area contributed by atoms with Crippen LogP contribution in [0, 0.1) is 11.3 Å². The molecule has 20 heavy (non-hydrogen) atoms. The minimum Gasteiger partial charge on any atom is -0.406 e. The van der Waals surface area contributed by atoms with Gasteiger partial charge in [0.15, 0.2) is 0 Å². The van der Waals surface area contributed by atoms with E-state index in [2.05, 4.69) is 15.0 Å². The fourth-order valence-corrected chi connectivity index (χ4v) is 1.82. The molecule has 1 N–H and O–H groups in total. The molecule has 2 aromatic rings. The second kappa shape index (κ2) is 5.25. The van der Waals surface area contributed by atoms with Gasteiger partial charge in [0.2, 0.25) is 0 Å². The maximum atomic E-state index is 12.2. The third-order valence-electron chi connectivity index (χ3n) is 2.55. The van der Waals surface area contributed by atoms with Crippen LogP contribution in [0.5, 0.6) is 5.75 Å². The predicted molar refractivity (Wildman–Crippen MR) is 67.3 cm³/mol. The summed E-state index contributed by atoms with van der Waals surface area (Å²) in [6.07, 6.45) is -3.38. The number of rotatable bonds is 3. The average Bonchev–Trinajstić information content (AvgIpc) is 2.38. The van der Waals surface area contributed by atoms with Crippen LogP contribution >= 0.6 is 0 Å². The largest absolute Gasteiger partial charge is 0.573 e. The van der Waals surface area contributed by atoms with Gasteiger partial charge in [0.1, 0.15) is 11.8 Å². The summed E-state index contributed by atoms with van der Waals surface area (Å²) in [5.41, 5.74) is 1.20. The van der Waals surface area contributed by atoms with Crippen molar-refractivity contribution in [3.63, 3.8) is 0 Å². The molecule has 4 nitrogen and oxygen atoms in total. The molecule has 7 heteroatoms. The molecule has 0 aliphatic heterocycles. The van der Waals surface area contributed by atoms with Crippen LogP contribution in [0.2, 0.25) is 0 Å². The first-order chi connectivity index (χ1) is 9.44. The molecular formula is C13H10F3N3O. The molecule has 0 fully saturated rings. The molecule has 0 aliphatic rings. The van der Waals surface area contributed by atoms with E-state index >= 15 is 0 Å². The minimum atomic E-state index is -4.76. The van der Waals surface area contributed by atoms with Crippen LogP contribution in [0.4, 0.5) is 18.9 Å². The Morgan fingerprint density at radius 3 is 2.75 bits per heavy atom. The molecule has 1 heterocycles. The van der Waals surface area contributed by atoms with Crippen LogP contribution in [0.1, 0.15) is 12.5 Å². The number of hydrogen-bond acceptors (Lipinski definition) is 4. The Morgan fingerprint density at radius 1 is 1.40 bits per heavy atom. The molecule has 0 bridgehead atoms. The number of ether oxygens (including phenoxy) is 1. The van der Waals surface area contributed by atoms with Crippen molar-refractivity contribution in [1.29, 1.82) is 5.26 Å². The summed E-state index contributed by atoms with van der Waals surface area (Å²) in [6.45, 7) is 2.35. The molecule has 0 radical (unpaired) electrons. The smallest absolute Gasteiger partial charge is 0.406 e. The van der Waals surface area contributed by atoms with Gasteiger partial charge in [-0.05, 0) is 25.1 Å². The van der Waals surface area contributed by atoms with Crippen molar-refractivity contribution in [3.05, 3.63) is 30.0 Å². The number of anilines is 1. The van der Waals surface area contributed by atoms with Crippen molar-refractivity contribution in [2.24, 2.45) is 0 Å². The molecule has 2 rings (SSSR count). The molecule has 0 spiro atoms. The monoisotopic (exact) mass is 281 g/mol. The fourth-order valence-electron chi connectivity index (χ4n) is 1.82. The van der Waals surface area contributed by atoms with Crippen molar-refractivity contribution >= 4 is 16.6 Å². The topological polar surface area (TPSA) is 57.9 Å². The van der Waals surface area contributed by atoms with E-state index < -0.39 is 6.36 Å². The summed E-state index contributed by atoms with van der Waals surface area (Å²) in [7, 11) is 0. The predicted octanol–water partition coefficient (Wildman–Crippen LogP) is 3.44. The number of alkyl halides is 3. The first-order valence-electron chi connectivity index (χ1n) is 5.77. The number of pyridine rings is 1. The van der Waals surface area contributed by atoms with Gasteiger partial charge >= 0.3 is 6.36 Å². The third kappa shape index (κ3) is 2.91. The first kappa shape index (κ1) is 13.9. The number of nitriles is 1. The quantitative estimate of drug-likeness (QED) is 0.936. The van der Waals surface area contributed by atoms with Crippen molar-refractivity contribution in [1.82, 2.24) is 4.98 Å². The van der Waals surface area contributed by atoms with Crippen molar-refractivity contribution in [2.75, 3.05) is 11.9 Å². The van der Waals surface area contributed by atoms with Crippen molar-refractivity contribution < 1.29 is 17.9 Å². The summed E-state index contributed by atoms with van der Waals surface area (Å²) >= 11 is 0. The molecule has 0 aliphatic carbocycles. The molecule has 1 aromatic carbocycles. The van der Waals surface area contributed by atoms with E-state index in [1.807, 2.05) is 13.0 Å². The molecular weight excluding hydrogens is 271 g/mol. The van der Waals surface area contributed by atoms with Gasteiger partial charge in [0.05, 0.1) is 16.8 Å². The van der Waals surface area contributed by atoms with Gasteiger partial charge in [-0.15, -0.1) is 13.2 Å². The van der Waals surface area contributed by atoms with Gasteiger partial charge in [-0.2, -0.15) is 5.26 Å². The highest BCUT2D eigenvalue weighted by Crippen LogP contribution is 2.31. The zero-order valence-corrected chi connectivity index (χ0v) is 10.5. The van der Waals surface area contributed by atoms with E-state index in [4.69, 9.17) is 5.26 Å². The number of nitrogens with one attached hydrogen (secondary N) is 1. The zero-order valence-electron chi connectivity index (χ0n) is 10.5. The summed E-state index contributed by atoms with van der Waals surface area (Å²) < 4.78 is 40.6. The van der Waals surface area contributed by atoms with Crippen molar-refractivity contribution in [3.8, 4) is 11.8 Å². The normalized spacial score (nSPS) is 11.2. The lowest BCUT2D eigenvalue weighted by molar-refractivity contribution is -0.274. The molecule has 0 saturated heterocycles. The van der Waals surface area contributed by atoms with E-state index in [9.17, 15) is 13.2 Å². The van der Waals surface area contributed by atoms with Gasteiger partial charge in [-0.1, -0.05) is 0 Å². The van der Waals surface area contributed by atoms with E-state index in [-0.39, 0.29) is 11.3 Å². The van der Waals surface area contributed by atoms with Crippen LogP contribution in [0.3, 0.4) is 0 Å². The molecule has 0 unspecified atom stereocenters. The van der Waals surface area contributed by atoms with E-state index in [1.54, 1.807) is 0 Å². The lowest BCUT2D eigenvalue weighted by atomic mass is 10.1. The van der Waals surface area contributed by atoms with E-state index in [0.717, 1.165) is 0 Å². The summed E-state index contributed by atoms with van der Waals surface area (Å²) in [6, 6.07) is 5.77. The van der Waals surface area contributed by atoms with Gasteiger partial charge in [-0.25, -0.2) is 0 Å². The van der Waals surface area contributed by atoms with Gasteiger partial charge in [0.25, 0.3) is 0 Å². The Labute approximate surface area is 112 Å². The zero-order chi connectivity index (χ0) is 14.8. The van der Waals surface area contributed by atoms with Gasteiger partial charge in [0, 0.05) is 18.1 Å². The maximum absolute atomic E-state index is 12.2. The number of hydrogen-bond donors (Lipinski definition) is 1. The number of fused-ring (bicyclic) bond motifs is 1. The SMILES string of the molecule is CCNc1c(C#N)cnc2ccc(OC(F)(F)F)cc12. The summed E-state index contributed by atoms with van der Waals surface area (Å²) in [4.78, 5) is 4.03. The highest BCUT2D eigenvalue weighted by atomic mass is 19.4. The molecule has 104 valence electrons. The van der Waals surface area contributed by atoms with Gasteiger partial charge < -0.3 is 10.1 Å². The number of nitrogens with zero attached hydrogens (tertiary/aromatic N) is 2. The highest BCUT2D eigenvalue weighted by molar-refractivity contribution is 5.94. The Hall–Kier alpha value is -2.49. The van der Waals surface area contributed by atoms with Crippen LogP contribution in [-0.2, 0) is 0 Å². The molecule has 0 atom stereocenters. The molecule has 1 aromatic heterocycles. The number of aromatic nitrogens is 1. The second-order valence-electron chi connectivity index (χ2n) is 3.92. The lowest BCUT2D eigenvalue weighted by Crippen LogP contribution is -2.17. The third-order valence-corrected chi connectivity index (χ3v) is 2.55. The number of benzene rings is 1. The Kier molecular flexibility index (Phi) is 3.66. The van der Waals surface area contributed by atoms with Crippen molar-refractivity contribution in [2.45, 2.75) is 13.3 Å². The Balaban J connectivity index is 2.59. The van der Waals surface area contributed by atoms with Crippen LogP contribution in [0.15, 0.2) is 24.4 Å². The van der Waals surface area contributed by atoms with Gasteiger partial charge in [-0.3, -0.25) is 4.98 Å². The van der Waals surface area contributed by atoms with Crippen LogP contribution < -0.4 is 10.1 Å². The maximum Gasteiger partial charge on any atom is 0.573 e. The molecule has 0 amide bonds. The summed E-state index contributed by atoms with van der Waals surface area (Å²) in [5, 5.41) is 12.4. The van der Waals surface area contributed by atoms with Crippen LogP contribution in [0.25, 0.3) is 10.9 Å². The van der Waals surface area contributed by atoms with Crippen LogP contribution in [-0.4, -0.2) is 17.9 Å². The Morgan fingerprint density at radius 2 is 2.15 bits per heavy atom. The van der Waals surface area contributed by atoms with E-state index in [1.165, 1.54) is 24.4 Å². The lowest BCUT2D eigenvalue weighted by Gasteiger charge is -2.12. The standard InChI is InChI=1S/C13H10F3N3O/c1-2-18-12-8(6-17)7-19-11-4-3-9(5-10(11)12)20-13(14,15)16/h3-5,7H,2H2,1H3,(H,18,19). The highest BCUT2D eigenvalue weighted by Gasteiger charge is 2.31. The second-order valence-corrected chi connectivity index (χ2v) is 3.92. The Bertz CT molecular complexity index is 677. The average molecular weight is 281 g/mol. The number of halogens is 3. The minimum absolute atomic E-state index is 0.267. The first-order valence-corrected chi connectivity index (χ1v) is 5.77.